The third kappa shape index (κ3) is 2.77. The standard InChI is InChI=1S/C24H31NO3/c1-15-8-11-20-23(2,13-12-21(27)24(20,3)14-26)18(15)10-9-17-16-6-4-5-7-19(16)25-22(17)28/h4-7,9,18,20-21,26-27H,1,8,10-14H2,2-3H3,(H,25,28)/b17-9+/t18-,20+,21-,23+,24+/m1/s1. The molecule has 0 aromatic heterocycles. The van der Waals surface area contributed by atoms with Crippen molar-refractivity contribution in [3.63, 3.8) is 0 Å². The predicted molar refractivity (Wildman–Crippen MR) is 112 cm³/mol. The molecule has 1 aromatic carbocycles. The number of para-hydroxylation sites is 1. The molecule has 5 atom stereocenters. The van der Waals surface area contributed by atoms with Crippen LogP contribution in [-0.2, 0) is 4.79 Å². The molecular formula is C24H31NO3. The molecule has 1 aromatic rings. The van der Waals surface area contributed by atoms with Crippen molar-refractivity contribution in [3.05, 3.63) is 48.1 Å². The maximum Gasteiger partial charge on any atom is 0.256 e. The first-order valence-electron chi connectivity index (χ1n) is 10.4. The monoisotopic (exact) mass is 381 g/mol. The highest BCUT2D eigenvalue weighted by atomic mass is 16.3. The summed E-state index contributed by atoms with van der Waals surface area (Å²) in [6.07, 6.45) is 5.87. The van der Waals surface area contributed by atoms with Gasteiger partial charge in [0.1, 0.15) is 0 Å². The Hall–Kier alpha value is -1.91. The highest BCUT2D eigenvalue weighted by Gasteiger charge is 2.57. The van der Waals surface area contributed by atoms with Gasteiger partial charge < -0.3 is 15.5 Å². The number of nitrogens with one attached hydrogen (secondary N) is 1. The quantitative estimate of drug-likeness (QED) is 0.544. The summed E-state index contributed by atoms with van der Waals surface area (Å²) >= 11 is 0. The molecule has 4 heteroatoms. The number of aliphatic hydroxyl groups excluding tert-OH is 2. The van der Waals surface area contributed by atoms with Crippen molar-refractivity contribution in [2.75, 3.05) is 11.9 Å². The summed E-state index contributed by atoms with van der Waals surface area (Å²) in [7, 11) is 0. The zero-order chi connectivity index (χ0) is 20.1. The fourth-order valence-electron chi connectivity index (χ4n) is 6.21. The molecule has 2 aliphatic carbocycles. The Bertz CT molecular complexity index is 844. The number of aliphatic hydroxyl groups is 2. The van der Waals surface area contributed by atoms with Gasteiger partial charge in [-0.25, -0.2) is 0 Å². The van der Waals surface area contributed by atoms with E-state index in [9.17, 15) is 15.0 Å². The summed E-state index contributed by atoms with van der Waals surface area (Å²) in [5, 5.41) is 23.7. The molecule has 0 spiro atoms. The van der Waals surface area contributed by atoms with Crippen LogP contribution in [0.15, 0.2) is 42.5 Å². The predicted octanol–water partition coefficient (Wildman–Crippen LogP) is 4.15. The molecule has 28 heavy (non-hydrogen) atoms. The molecule has 0 radical (unpaired) electrons. The molecule has 0 unspecified atom stereocenters. The van der Waals surface area contributed by atoms with E-state index in [1.165, 1.54) is 5.57 Å². The van der Waals surface area contributed by atoms with E-state index in [0.717, 1.165) is 42.5 Å². The largest absolute Gasteiger partial charge is 0.396 e. The van der Waals surface area contributed by atoms with Gasteiger partial charge in [-0.05, 0) is 55.4 Å². The van der Waals surface area contributed by atoms with Gasteiger partial charge in [0.15, 0.2) is 0 Å². The highest BCUT2D eigenvalue weighted by molar-refractivity contribution is 6.31. The lowest BCUT2D eigenvalue weighted by Gasteiger charge is -2.59. The summed E-state index contributed by atoms with van der Waals surface area (Å²) < 4.78 is 0. The Morgan fingerprint density at radius 2 is 2.04 bits per heavy atom. The first kappa shape index (κ1) is 19.4. The maximum atomic E-state index is 12.5. The average Bonchev–Trinajstić information content (AvgIpc) is 3.00. The number of rotatable bonds is 3. The highest BCUT2D eigenvalue weighted by Crippen LogP contribution is 2.61. The van der Waals surface area contributed by atoms with Crippen LogP contribution in [0.2, 0.25) is 0 Å². The van der Waals surface area contributed by atoms with E-state index in [1.54, 1.807) is 0 Å². The third-order valence-corrected chi connectivity index (χ3v) is 7.96. The first-order chi connectivity index (χ1) is 13.3. The summed E-state index contributed by atoms with van der Waals surface area (Å²) in [5.41, 5.74) is 3.32. The third-order valence-electron chi connectivity index (χ3n) is 7.96. The number of allylic oxidation sites excluding steroid dienone is 2. The van der Waals surface area contributed by atoms with E-state index in [4.69, 9.17) is 0 Å². The van der Waals surface area contributed by atoms with Crippen LogP contribution < -0.4 is 5.32 Å². The molecule has 2 fully saturated rings. The van der Waals surface area contributed by atoms with E-state index in [-0.39, 0.29) is 29.8 Å². The lowest BCUT2D eigenvalue weighted by atomic mass is 9.46. The molecular weight excluding hydrogens is 350 g/mol. The minimum absolute atomic E-state index is 0.00445. The summed E-state index contributed by atoms with van der Waals surface area (Å²) in [4.78, 5) is 12.5. The van der Waals surface area contributed by atoms with Crippen molar-refractivity contribution < 1.29 is 15.0 Å². The molecule has 150 valence electrons. The Balaban J connectivity index is 1.66. The van der Waals surface area contributed by atoms with E-state index in [2.05, 4.69) is 24.9 Å². The van der Waals surface area contributed by atoms with E-state index < -0.39 is 11.5 Å². The second-order valence-corrected chi connectivity index (χ2v) is 9.38. The van der Waals surface area contributed by atoms with Crippen molar-refractivity contribution in [1.29, 1.82) is 0 Å². The molecule has 1 aliphatic heterocycles. The zero-order valence-corrected chi connectivity index (χ0v) is 16.9. The lowest BCUT2D eigenvalue weighted by molar-refractivity contribution is -0.151. The number of carbonyl (C=O) groups is 1. The van der Waals surface area contributed by atoms with Crippen LogP contribution in [0.5, 0.6) is 0 Å². The van der Waals surface area contributed by atoms with Crippen molar-refractivity contribution in [2.24, 2.45) is 22.7 Å². The number of carbonyl (C=O) groups excluding carboxylic acids is 1. The van der Waals surface area contributed by atoms with Gasteiger partial charge >= 0.3 is 0 Å². The second kappa shape index (κ2) is 6.85. The van der Waals surface area contributed by atoms with Crippen LogP contribution >= 0.6 is 0 Å². The molecule has 0 bridgehead atoms. The van der Waals surface area contributed by atoms with Crippen molar-refractivity contribution in [2.45, 2.75) is 52.1 Å². The molecule has 3 N–H and O–H groups in total. The van der Waals surface area contributed by atoms with Crippen LogP contribution in [0.25, 0.3) is 5.57 Å². The molecule has 1 heterocycles. The lowest BCUT2D eigenvalue weighted by Crippen LogP contribution is -2.57. The fourth-order valence-corrected chi connectivity index (χ4v) is 6.21. The number of fused-ring (bicyclic) bond motifs is 2. The second-order valence-electron chi connectivity index (χ2n) is 9.38. The Morgan fingerprint density at radius 1 is 1.29 bits per heavy atom. The van der Waals surface area contributed by atoms with Crippen molar-refractivity contribution in [3.8, 4) is 0 Å². The Morgan fingerprint density at radius 3 is 2.79 bits per heavy atom. The molecule has 0 saturated heterocycles. The van der Waals surface area contributed by atoms with Gasteiger partial charge in [-0.3, -0.25) is 4.79 Å². The van der Waals surface area contributed by atoms with E-state index in [0.29, 0.717) is 6.42 Å². The van der Waals surface area contributed by atoms with Crippen molar-refractivity contribution in [1.82, 2.24) is 0 Å². The number of anilines is 1. The number of benzene rings is 1. The van der Waals surface area contributed by atoms with Gasteiger partial charge in [0, 0.05) is 22.2 Å². The number of amides is 1. The van der Waals surface area contributed by atoms with Gasteiger partial charge in [0.2, 0.25) is 0 Å². The minimum Gasteiger partial charge on any atom is -0.396 e. The normalized spacial score (nSPS) is 38.9. The van der Waals surface area contributed by atoms with E-state index >= 15 is 0 Å². The van der Waals surface area contributed by atoms with Crippen molar-refractivity contribution >= 4 is 17.2 Å². The molecule has 3 aliphatic rings. The van der Waals surface area contributed by atoms with Gasteiger partial charge in [0.25, 0.3) is 5.91 Å². The van der Waals surface area contributed by atoms with Crippen LogP contribution in [-0.4, -0.2) is 28.8 Å². The van der Waals surface area contributed by atoms with Crippen LogP contribution in [0.1, 0.15) is 51.5 Å². The van der Waals surface area contributed by atoms with Gasteiger partial charge in [-0.2, -0.15) is 0 Å². The molecule has 4 rings (SSSR count). The van der Waals surface area contributed by atoms with Crippen LogP contribution in [0.3, 0.4) is 0 Å². The summed E-state index contributed by atoms with van der Waals surface area (Å²) in [6, 6.07) is 7.80. The zero-order valence-electron chi connectivity index (χ0n) is 16.9. The fraction of sp³-hybridized carbons (Fsp3) is 0.542. The van der Waals surface area contributed by atoms with Gasteiger partial charge in [-0.1, -0.05) is 50.3 Å². The summed E-state index contributed by atoms with van der Waals surface area (Å²) in [6.45, 7) is 8.71. The SMILES string of the molecule is C=C1CC[C@@H]2[C@](C)(CO)[C@H](O)CC[C@@]2(C)[C@@H]1C/C=C1/C(=O)Nc2ccccc21. The van der Waals surface area contributed by atoms with E-state index in [1.807, 2.05) is 31.2 Å². The Labute approximate surface area is 167 Å². The smallest absolute Gasteiger partial charge is 0.256 e. The summed E-state index contributed by atoms with van der Waals surface area (Å²) in [5.74, 6) is 0.452. The number of hydrogen-bond donors (Lipinski definition) is 3. The number of hydrogen-bond acceptors (Lipinski definition) is 3. The van der Waals surface area contributed by atoms with Crippen LogP contribution in [0.4, 0.5) is 5.69 Å². The van der Waals surface area contributed by atoms with Crippen LogP contribution in [0, 0.1) is 22.7 Å². The maximum absolute atomic E-state index is 12.5. The minimum atomic E-state index is -0.476. The Kier molecular flexibility index (Phi) is 4.75. The molecule has 2 saturated carbocycles. The first-order valence-corrected chi connectivity index (χ1v) is 10.4. The van der Waals surface area contributed by atoms with Gasteiger partial charge in [0.05, 0.1) is 12.7 Å². The topological polar surface area (TPSA) is 69.6 Å². The molecule has 4 nitrogen and oxygen atoms in total. The molecule has 1 amide bonds. The average molecular weight is 382 g/mol. The van der Waals surface area contributed by atoms with Gasteiger partial charge in [-0.15, -0.1) is 0 Å².